The summed E-state index contributed by atoms with van der Waals surface area (Å²) in [5.74, 6) is -1.53. The van der Waals surface area contributed by atoms with Crippen molar-refractivity contribution in [3.05, 3.63) is 29.6 Å². The first-order valence-electron chi connectivity index (χ1n) is 3.88. The minimum Gasteiger partial charge on any atom is -0.508 e. The summed E-state index contributed by atoms with van der Waals surface area (Å²) in [6.07, 6.45) is 0. The van der Waals surface area contributed by atoms with Gasteiger partial charge in [-0.1, -0.05) is 0 Å². The molecule has 0 saturated carbocycles. The molecule has 76 valence electrons. The fraction of sp³-hybridized carbons (Fsp3) is 0.222. The Morgan fingerprint density at radius 3 is 2.86 bits per heavy atom. The number of phenolic OH excluding ortho intramolecular Hbond substituents is 1. The van der Waals surface area contributed by atoms with Crippen molar-refractivity contribution in [2.45, 2.75) is 6.04 Å². The van der Waals surface area contributed by atoms with Gasteiger partial charge in [0.2, 0.25) is 0 Å². The van der Waals surface area contributed by atoms with E-state index >= 15 is 0 Å². The Morgan fingerprint density at radius 2 is 2.29 bits per heavy atom. The summed E-state index contributed by atoms with van der Waals surface area (Å²) in [5, 5.41) is 9.30. The first kappa shape index (κ1) is 10.5. The zero-order chi connectivity index (χ0) is 10.7. The van der Waals surface area contributed by atoms with Crippen molar-refractivity contribution in [2.24, 2.45) is 5.73 Å². The van der Waals surface area contributed by atoms with Gasteiger partial charge < -0.3 is 15.6 Å². The van der Waals surface area contributed by atoms with Gasteiger partial charge in [-0.15, -0.1) is 0 Å². The molecule has 1 aromatic rings. The van der Waals surface area contributed by atoms with Gasteiger partial charge in [0.15, 0.2) is 0 Å². The van der Waals surface area contributed by atoms with E-state index in [0.29, 0.717) is 0 Å². The average Bonchev–Trinajstić information content (AvgIpc) is 2.19. The van der Waals surface area contributed by atoms with Crippen LogP contribution in [0.25, 0.3) is 0 Å². The maximum atomic E-state index is 12.8. The number of nitrogens with two attached hydrogens (primary N) is 1. The van der Waals surface area contributed by atoms with E-state index in [-0.39, 0.29) is 11.3 Å². The van der Waals surface area contributed by atoms with Crippen LogP contribution < -0.4 is 5.73 Å². The second kappa shape index (κ2) is 4.06. The SMILES string of the molecule is COC(=O)[C@@H](N)c1cc(F)ccc1O. The summed E-state index contributed by atoms with van der Waals surface area (Å²) < 4.78 is 17.1. The molecule has 0 heterocycles. The number of hydrogen-bond acceptors (Lipinski definition) is 4. The normalized spacial score (nSPS) is 12.2. The molecule has 0 saturated heterocycles. The van der Waals surface area contributed by atoms with Crippen LogP contribution in [0.15, 0.2) is 18.2 Å². The fourth-order valence-electron chi connectivity index (χ4n) is 1.03. The van der Waals surface area contributed by atoms with Gasteiger partial charge in [0, 0.05) is 5.56 Å². The quantitative estimate of drug-likeness (QED) is 0.688. The number of phenols is 1. The maximum Gasteiger partial charge on any atom is 0.327 e. The highest BCUT2D eigenvalue weighted by Gasteiger charge is 2.19. The highest BCUT2D eigenvalue weighted by atomic mass is 19.1. The number of aromatic hydroxyl groups is 1. The highest BCUT2D eigenvalue weighted by Crippen LogP contribution is 2.23. The Balaban J connectivity index is 3.05. The van der Waals surface area contributed by atoms with Gasteiger partial charge in [0.05, 0.1) is 7.11 Å². The Hall–Kier alpha value is -1.62. The lowest BCUT2D eigenvalue weighted by molar-refractivity contribution is -0.142. The molecule has 0 aliphatic heterocycles. The summed E-state index contributed by atoms with van der Waals surface area (Å²) in [7, 11) is 1.17. The van der Waals surface area contributed by atoms with Crippen LogP contribution in [-0.4, -0.2) is 18.2 Å². The molecule has 1 aromatic carbocycles. The van der Waals surface area contributed by atoms with Crippen molar-refractivity contribution in [3.63, 3.8) is 0 Å². The van der Waals surface area contributed by atoms with E-state index in [0.717, 1.165) is 18.2 Å². The first-order valence-corrected chi connectivity index (χ1v) is 3.88. The summed E-state index contributed by atoms with van der Waals surface area (Å²) in [5.41, 5.74) is 5.43. The average molecular weight is 199 g/mol. The molecule has 0 unspecified atom stereocenters. The number of esters is 1. The summed E-state index contributed by atoms with van der Waals surface area (Å²) in [6.45, 7) is 0. The number of carbonyl (C=O) groups excluding carboxylic acids is 1. The van der Waals surface area contributed by atoms with Crippen LogP contribution in [0.1, 0.15) is 11.6 Å². The number of carbonyl (C=O) groups is 1. The van der Waals surface area contributed by atoms with Crippen molar-refractivity contribution in [1.29, 1.82) is 0 Å². The van der Waals surface area contributed by atoms with Crippen molar-refractivity contribution >= 4 is 5.97 Å². The smallest absolute Gasteiger partial charge is 0.327 e. The van der Waals surface area contributed by atoms with Gasteiger partial charge in [-0.25, -0.2) is 4.39 Å². The van der Waals surface area contributed by atoms with Crippen molar-refractivity contribution in [3.8, 4) is 5.75 Å². The Bertz CT molecular complexity index is 354. The molecule has 5 heteroatoms. The van der Waals surface area contributed by atoms with E-state index in [1.54, 1.807) is 0 Å². The predicted molar refractivity (Wildman–Crippen MR) is 47.0 cm³/mol. The van der Waals surface area contributed by atoms with Crippen molar-refractivity contribution < 1.29 is 19.0 Å². The second-order valence-corrected chi connectivity index (χ2v) is 2.70. The number of benzene rings is 1. The van der Waals surface area contributed by atoms with Crippen LogP contribution >= 0.6 is 0 Å². The second-order valence-electron chi connectivity index (χ2n) is 2.70. The molecule has 0 aliphatic rings. The maximum absolute atomic E-state index is 12.8. The molecule has 0 spiro atoms. The standard InChI is InChI=1S/C9H10FNO3/c1-14-9(13)8(11)6-4-5(10)2-3-7(6)12/h2-4,8,12H,11H2,1H3/t8-/m0/s1. The van der Waals surface area contributed by atoms with Crippen molar-refractivity contribution in [2.75, 3.05) is 7.11 Å². The molecule has 1 rings (SSSR count). The third-order valence-electron chi connectivity index (χ3n) is 1.78. The van der Waals surface area contributed by atoms with E-state index in [9.17, 15) is 14.3 Å². The van der Waals surface area contributed by atoms with Gasteiger partial charge in [-0.2, -0.15) is 0 Å². The van der Waals surface area contributed by atoms with Gasteiger partial charge in [-0.3, -0.25) is 4.79 Å². The number of methoxy groups -OCH3 is 1. The molecule has 0 radical (unpaired) electrons. The van der Waals surface area contributed by atoms with Gasteiger partial charge in [0.1, 0.15) is 17.6 Å². The van der Waals surface area contributed by atoms with Crippen LogP contribution in [0.3, 0.4) is 0 Å². The molecule has 0 fully saturated rings. The third kappa shape index (κ3) is 2.00. The van der Waals surface area contributed by atoms with Crippen LogP contribution in [-0.2, 0) is 9.53 Å². The summed E-state index contributed by atoms with van der Waals surface area (Å²) >= 11 is 0. The number of hydrogen-bond donors (Lipinski definition) is 2. The predicted octanol–water partition coefficient (Wildman–Crippen LogP) is 0.704. The topological polar surface area (TPSA) is 72.5 Å². The lowest BCUT2D eigenvalue weighted by Gasteiger charge is -2.10. The molecule has 1 atom stereocenters. The van der Waals surface area contributed by atoms with Gasteiger partial charge in [-0.05, 0) is 18.2 Å². The van der Waals surface area contributed by atoms with E-state index in [1.807, 2.05) is 0 Å². The zero-order valence-electron chi connectivity index (χ0n) is 7.53. The molecule has 14 heavy (non-hydrogen) atoms. The van der Waals surface area contributed by atoms with E-state index in [1.165, 1.54) is 7.11 Å². The van der Waals surface area contributed by atoms with Crippen LogP contribution in [0.2, 0.25) is 0 Å². The largest absolute Gasteiger partial charge is 0.508 e. The van der Waals surface area contributed by atoms with E-state index < -0.39 is 17.8 Å². The third-order valence-corrected chi connectivity index (χ3v) is 1.78. The van der Waals surface area contributed by atoms with Crippen LogP contribution in [0, 0.1) is 5.82 Å². The molecule has 0 aliphatic carbocycles. The Labute approximate surface area is 80.1 Å². The number of ether oxygens (including phenoxy) is 1. The van der Waals surface area contributed by atoms with E-state index in [2.05, 4.69) is 4.74 Å². The molecule has 3 N–H and O–H groups in total. The monoisotopic (exact) mass is 199 g/mol. The lowest BCUT2D eigenvalue weighted by Crippen LogP contribution is -2.22. The molecule has 0 bridgehead atoms. The minimum atomic E-state index is -1.17. The molecular formula is C9H10FNO3. The Kier molecular flexibility index (Phi) is 3.03. The minimum absolute atomic E-state index is 0.0110. The highest BCUT2D eigenvalue weighted by molar-refractivity contribution is 5.78. The lowest BCUT2D eigenvalue weighted by atomic mass is 10.1. The van der Waals surface area contributed by atoms with Gasteiger partial charge in [0.25, 0.3) is 0 Å². The number of rotatable bonds is 2. The van der Waals surface area contributed by atoms with E-state index in [4.69, 9.17) is 5.73 Å². The molecule has 0 amide bonds. The molecule has 4 nitrogen and oxygen atoms in total. The van der Waals surface area contributed by atoms with Gasteiger partial charge >= 0.3 is 5.97 Å². The summed E-state index contributed by atoms with van der Waals surface area (Å²) in [6, 6.07) is 2.03. The number of halogens is 1. The summed E-state index contributed by atoms with van der Waals surface area (Å²) in [4.78, 5) is 11.0. The zero-order valence-corrected chi connectivity index (χ0v) is 7.53. The molecule has 0 aromatic heterocycles. The van der Waals surface area contributed by atoms with Crippen molar-refractivity contribution in [1.82, 2.24) is 0 Å². The van der Waals surface area contributed by atoms with Crippen LogP contribution in [0.5, 0.6) is 5.75 Å². The first-order chi connectivity index (χ1) is 6.56. The Morgan fingerprint density at radius 1 is 1.64 bits per heavy atom. The molecular weight excluding hydrogens is 189 g/mol. The van der Waals surface area contributed by atoms with Crippen LogP contribution in [0.4, 0.5) is 4.39 Å². The fourth-order valence-corrected chi connectivity index (χ4v) is 1.03.